The molecule has 0 spiro atoms. The van der Waals surface area contributed by atoms with E-state index in [4.69, 9.17) is 6.42 Å². The molecule has 0 bridgehead atoms. The second-order valence-corrected chi connectivity index (χ2v) is 4.30. The number of aliphatic hydroxyl groups is 1. The lowest BCUT2D eigenvalue weighted by Gasteiger charge is -2.16. The highest BCUT2D eigenvalue weighted by atomic mass is 16.3. The van der Waals surface area contributed by atoms with Crippen molar-refractivity contribution in [3.8, 4) is 12.3 Å². The Bertz CT molecular complexity index is 563. The van der Waals surface area contributed by atoms with Gasteiger partial charge in [-0.25, -0.2) is 9.50 Å². The van der Waals surface area contributed by atoms with Gasteiger partial charge >= 0.3 is 0 Å². The summed E-state index contributed by atoms with van der Waals surface area (Å²) < 4.78 is 1.62. The summed E-state index contributed by atoms with van der Waals surface area (Å²) in [6.07, 6.45) is 5.38. The van der Waals surface area contributed by atoms with E-state index in [9.17, 15) is 5.11 Å². The second-order valence-electron chi connectivity index (χ2n) is 4.30. The van der Waals surface area contributed by atoms with Crippen molar-refractivity contribution in [2.75, 3.05) is 6.61 Å². The van der Waals surface area contributed by atoms with Gasteiger partial charge in [0, 0.05) is 5.41 Å². The van der Waals surface area contributed by atoms with E-state index >= 15 is 0 Å². The molecule has 0 fully saturated rings. The van der Waals surface area contributed by atoms with Crippen molar-refractivity contribution >= 4 is 5.65 Å². The number of nitrogens with zero attached hydrogens (tertiary/aromatic N) is 3. The fourth-order valence-corrected chi connectivity index (χ4v) is 1.37. The first-order valence-corrected chi connectivity index (χ1v) is 5.02. The standard InChI is InChI=1S/C12H13N3O/c1-4-9-6-5-7-10-13-11(14-15(9)10)12(2,3)8-16/h1,5-7,16H,8H2,2-3H3. The fraction of sp³-hybridized carbons (Fsp3) is 0.333. The number of aromatic nitrogens is 3. The Balaban J connectivity index is 2.66. The highest BCUT2D eigenvalue weighted by Gasteiger charge is 2.25. The van der Waals surface area contributed by atoms with Crippen molar-refractivity contribution in [2.45, 2.75) is 19.3 Å². The summed E-state index contributed by atoms with van der Waals surface area (Å²) in [6.45, 7) is 3.77. The minimum Gasteiger partial charge on any atom is -0.395 e. The van der Waals surface area contributed by atoms with Gasteiger partial charge in [0.2, 0.25) is 0 Å². The highest BCUT2D eigenvalue weighted by Crippen LogP contribution is 2.19. The van der Waals surface area contributed by atoms with Gasteiger partial charge < -0.3 is 5.11 Å². The topological polar surface area (TPSA) is 50.4 Å². The van der Waals surface area contributed by atoms with E-state index in [0.29, 0.717) is 17.2 Å². The summed E-state index contributed by atoms with van der Waals surface area (Å²) in [5.74, 6) is 3.15. The van der Waals surface area contributed by atoms with Gasteiger partial charge in [-0.3, -0.25) is 0 Å². The van der Waals surface area contributed by atoms with Crippen LogP contribution >= 0.6 is 0 Å². The number of pyridine rings is 1. The molecule has 0 atom stereocenters. The Hall–Kier alpha value is -1.86. The van der Waals surface area contributed by atoms with Crippen molar-refractivity contribution < 1.29 is 5.11 Å². The molecule has 0 aliphatic rings. The molecule has 0 saturated heterocycles. The second kappa shape index (κ2) is 3.62. The van der Waals surface area contributed by atoms with Crippen LogP contribution in [0.15, 0.2) is 18.2 Å². The van der Waals surface area contributed by atoms with Crippen molar-refractivity contribution in [1.82, 2.24) is 14.6 Å². The maximum absolute atomic E-state index is 9.27. The van der Waals surface area contributed by atoms with Crippen LogP contribution < -0.4 is 0 Å². The first-order chi connectivity index (χ1) is 7.58. The van der Waals surface area contributed by atoms with Gasteiger partial charge in [-0.05, 0) is 12.1 Å². The highest BCUT2D eigenvalue weighted by molar-refractivity contribution is 5.43. The Morgan fingerprint density at radius 3 is 2.88 bits per heavy atom. The largest absolute Gasteiger partial charge is 0.395 e. The number of hydrogen-bond donors (Lipinski definition) is 1. The lowest BCUT2D eigenvalue weighted by molar-refractivity contribution is 0.212. The smallest absolute Gasteiger partial charge is 0.159 e. The third kappa shape index (κ3) is 1.55. The van der Waals surface area contributed by atoms with Crippen LogP contribution in [0.3, 0.4) is 0 Å². The molecule has 4 heteroatoms. The monoisotopic (exact) mass is 215 g/mol. The zero-order valence-electron chi connectivity index (χ0n) is 9.31. The third-order valence-corrected chi connectivity index (χ3v) is 2.51. The molecule has 4 nitrogen and oxygen atoms in total. The molecule has 0 aliphatic carbocycles. The van der Waals surface area contributed by atoms with Gasteiger partial charge in [-0.15, -0.1) is 11.5 Å². The number of terminal acetylenes is 1. The normalized spacial score (nSPS) is 11.6. The average molecular weight is 215 g/mol. The van der Waals surface area contributed by atoms with E-state index in [0.717, 1.165) is 0 Å². The van der Waals surface area contributed by atoms with E-state index in [-0.39, 0.29) is 6.61 Å². The Morgan fingerprint density at radius 2 is 2.25 bits per heavy atom. The predicted molar refractivity (Wildman–Crippen MR) is 61.0 cm³/mol. The summed E-state index contributed by atoms with van der Waals surface area (Å²) in [7, 11) is 0. The van der Waals surface area contributed by atoms with E-state index in [1.54, 1.807) is 10.6 Å². The maximum atomic E-state index is 9.27. The van der Waals surface area contributed by atoms with E-state index in [1.807, 2.05) is 26.0 Å². The van der Waals surface area contributed by atoms with Gasteiger partial charge in [0.15, 0.2) is 11.5 Å². The Labute approximate surface area is 93.9 Å². The molecule has 2 heterocycles. The molecular weight excluding hydrogens is 202 g/mol. The van der Waals surface area contributed by atoms with Crippen LogP contribution in [0.1, 0.15) is 25.4 Å². The van der Waals surface area contributed by atoms with Gasteiger partial charge in [0.25, 0.3) is 0 Å². The first kappa shape index (κ1) is 10.7. The van der Waals surface area contributed by atoms with Crippen LogP contribution in [-0.4, -0.2) is 26.3 Å². The Kier molecular flexibility index (Phi) is 2.41. The van der Waals surface area contributed by atoms with Crippen LogP contribution in [-0.2, 0) is 5.41 Å². The number of aliphatic hydroxyl groups excluding tert-OH is 1. The molecule has 2 rings (SSSR count). The average Bonchev–Trinajstić information content (AvgIpc) is 2.73. The van der Waals surface area contributed by atoms with Crippen LogP contribution in [0.4, 0.5) is 0 Å². The SMILES string of the molecule is C#Cc1cccc2nc(C(C)(C)CO)nn12. The zero-order chi connectivity index (χ0) is 11.8. The maximum Gasteiger partial charge on any atom is 0.159 e. The van der Waals surface area contributed by atoms with E-state index in [1.165, 1.54) is 0 Å². The molecule has 0 aromatic carbocycles. The minimum absolute atomic E-state index is 0.00469. The van der Waals surface area contributed by atoms with Crippen LogP contribution in [0, 0.1) is 12.3 Å². The molecule has 0 radical (unpaired) electrons. The van der Waals surface area contributed by atoms with Crippen molar-refractivity contribution in [3.05, 3.63) is 29.7 Å². The molecule has 0 amide bonds. The van der Waals surface area contributed by atoms with Gasteiger partial charge in [-0.2, -0.15) is 0 Å². The van der Waals surface area contributed by atoms with Crippen LogP contribution in [0.5, 0.6) is 0 Å². The molecule has 0 aliphatic heterocycles. The lowest BCUT2D eigenvalue weighted by Crippen LogP contribution is -2.23. The van der Waals surface area contributed by atoms with Crippen molar-refractivity contribution in [3.63, 3.8) is 0 Å². The molecule has 16 heavy (non-hydrogen) atoms. The molecule has 1 N–H and O–H groups in total. The summed E-state index contributed by atoms with van der Waals surface area (Å²) in [6, 6.07) is 5.48. The molecule has 0 saturated carbocycles. The van der Waals surface area contributed by atoms with Gasteiger partial charge in [0.1, 0.15) is 5.69 Å². The first-order valence-electron chi connectivity index (χ1n) is 5.02. The molecular formula is C12H13N3O. The summed E-state index contributed by atoms with van der Waals surface area (Å²) in [4.78, 5) is 4.36. The zero-order valence-corrected chi connectivity index (χ0v) is 9.31. The minimum atomic E-state index is -0.460. The van der Waals surface area contributed by atoms with Gasteiger partial charge in [0.05, 0.1) is 6.61 Å². The molecule has 2 aromatic rings. The van der Waals surface area contributed by atoms with Crippen LogP contribution in [0.25, 0.3) is 5.65 Å². The molecule has 2 aromatic heterocycles. The summed E-state index contributed by atoms with van der Waals surface area (Å²) in [5.41, 5.74) is 0.898. The quantitative estimate of drug-likeness (QED) is 0.760. The van der Waals surface area contributed by atoms with E-state index < -0.39 is 5.41 Å². The Morgan fingerprint density at radius 1 is 1.50 bits per heavy atom. The van der Waals surface area contributed by atoms with Crippen LogP contribution in [0.2, 0.25) is 0 Å². The van der Waals surface area contributed by atoms with Gasteiger partial charge in [-0.1, -0.05) is 25.8 Å². The van der Waals surface area contributed by atoms with Crippen molar-refractivity contribution in [2.24, 2.45) is 0 Å². The summed E-state index contributed by atoms with van der Waals surface area (Å²) in [5, 5.41) is 13.6. The number of rotatable bonds is 2. The fourth-order valence-electron chi connectivity index (χ4n) is 1.37. The number of fused-ring (bicyclic) bond motifs is 1. The van der Waals surface area contributed by atoms with E-state index in [2.05, 4.69) is 16.0 Å². The molecule has 82 valence electrons. The molecule has 0 unspecified atom stereocenters. The summed E-state index contributed by atoms with van der Waals surface area (Å²) >= 11 is 0. The predicted octanol–water partition coefficient (Wildman–Crippen LogP) is 0.980. The number of hydrogen-bond acceptors (Lipinski definition) is 3. The van der Waals surface area contributed by atoms with Crippen molar-refractivity contribution in [1.29, 1.82) is 0 Å². The lowest BCUT2D eigenvalue weighted by atomic mass is 9.94. The third-order valence-electron chi connectivity index (χ3n) is 2.51.